The molecular formula is C21H21F3N8. The van der Waals surface area contributed by atoms with Gasteiger partial charge in [0.1, 0.15) is 5.83 Å². The highest BCUT2D eigenvalue weighted by Gasteiger charge is 2.42. The first-order valence-corrected chi connectivity index (χ1v) is 9.91. The van der Waals surface area contributed by atoms with Gasteiger partial charge in [0.15, 0.2) is 5.65 Å². The minimum atomic E-state index is -3.63. The quantitative estimate of drug-likeness (QED) is 0.610. The molecule has 11 heteroatoms. The van der Waals surface area contributed by atoms with Crippen molar-refractivity contribution in [2.24, 2.45) is 12.1 Å². The minimum Gasteiger partial charge on any atom is -0.276 e. The zero-order valence-electron chi connectivity index (χ0n) is 17.7. The maximum absolute atomic E-state index is 15.8. The molecular weight excluding hydrogens is 421 g/mol. The average Bonchev–Trinajstić information content (AvgIpc) is 3.38. The van der Waals surface area contributed by atoms with Crippen LogP contribution in [0.5, 0.6) is 0 Å². The number of aryl methyl sites for hydroxylation is 1. The molecule has 0 fully saturated rings. The van der Waals surface area contributed by atoms with E-state index in [0.29, 0.717) is 23.3 Å². The number of nitrogens with zero attached hydrogens (tertiary/aromatic N) is 8. The first-order chi connectivity index (χ1) is 15.3. The van der Waals surface area contributed by atoms with E-state index in [2.05, 4.69) is 25.5 Å². The van der Waals surface area contributed by atoms with Crippen molar-refractivity contribution in [2.45, 2.75) is 25.7 Å². The smallest absolute Gasteiger partial charge is 0.276 e. The summed E-state index contributed by atoms with van der Waals surface area (Å²) in [5, 5.41) is 21.4. The van der Waals surface area contributed by atoms with Crippen LogP contribution in [0.1, 0.15) is 25.6 Å². The monoisotopic (exact) mass is 442 g/mol. The number of hydrazone groups is 1. The Morgan fingerprint density at radius 1 is 1.16 bits per heavy atom. The van der Waals surface area contributed by atoms with E-state index < -0.39 is 29.6 Å². The van der Waals surface area contributed by atoms with Crippen LogP contribution in [0.25, 0.3) is 16.9 Å². The van der Waals surface area contributed by atoms with Gasteiger partial charge in [0.2, 0.25) is 5.82 Å². The zero-order chi connectivity index (χ0) is 22.9. The third-order valence-corrected chi connectivity index (χ3v) is 4.93. The van der Waals surface area contributed by atoms with E-state index in [0.717, 1.165) is 10.6 Å². The number of aromatic nitrogens is 6. The standard InChI is InChI=1S/C21H21F3N8/c1-4-14-9-16(10-17(22)7-8-25-30(2)12-14)21(23,24)20-28-27-19-6-5-18(29-32(19)20)15-11-26-31(3)13-15/h5-9,11-13H,4,10H2,1-3H3/b14-12+,16-9+,17-7+,25-8+. The molecule has 0 spiro atoms. The summed E-state index contributed by atoms with van der Waals surface area (Å²) in [5.74, 6) is -5.07. The van der Waals surface area contributed by atoms with Gasteiger partial charge in [-0.05, 0) is 30.2 Å². The molecule has 0 saturated carbocycles. The van der Waals surface area contributed by atoms with Crippen molar-refractivity contribution >= 4 is 11.9 Å². The average molecular weight is 442 g/mol. The minimum absolute atomic E-state index is 0.155. The zero-order valence-corrected chi connectivity index (χ0v) is 17.7. The van der Waals surface area contributed by atoms with Crippen molar-refractivity contribution in [2.75, 3.05) is 7.05 Å². The summed E-state index contributed by atoms with van der Waals surface area (Å²) in [6, 6.07) is 3.20. The van der Waals surface area contributed by atoms with E-state index in [1.807, 2.05) is 6.92 Å². The summed E-state index contributed by atoms with van der Waals surface area (Å²) in [6.07, 6.45) is 8.35. The highest BCUT2D eigenvalue weighted by Crippen LogP contribution is 2.39. The molecule has 166 valence electrons. The molecule has 0 atom stereocenters. The van der Waals surface area contributed by atoms with Gasteiger partial charge in [-0.3, -0.25) is 9.69 Å². The van der Waals surface area contributed by atoms with E-state index in [1.54, 1.807) is 49.5 Å². The normalized spacial score (nSPS) is 21.4. The molecule has 4 heterocycles. The van der Waals surface area contributed by atoms with Crippen LogP contribution in [0.4, 0.5) is 13.2 Å². The molecule has 3 aromatic heterocycles. The third kappa shape index (κ3) is 4.18. The molecule has 0 saturated heterocycles. The van der Waals surface area contributed by atoms with Gasteiger partial charge in [-0.25, -0.2) is 4.39 Å². The van der Waals surface area contributed by atoms with Crippen LogP contribution in [-0.4, -0.2) is 47.9 Å². The number of fused-ring (bicyclic) bond motifs is 1. The lowest BCUT2D eigenvalue weighted by molar-refractivity contribution is 0.0226. The highest BCUT2D eigenvalue weighted by atomic mass is 19.3. The van der Waals surface area contributed by atoms with Crippen LogP contribution in [0.2, 0.25) is 0 Å². The van der Waals surface area contributed by atoms with Gasteiger partial charge < -0.3 is 0 Å². The van der Waals surface area contributed by atoms with Gasteiger partial charge in [-0.15, -0.1) is 10.2 Å². The fraction of sp³-hybridized carbons (Fsp3) is 0.286. The number of halogens is 3. The predicted molar refractivity (Wildman–Crippen MR) is 113 cm³/mol. The number of hydrogen-bond acceptors (Lipinski definition) is 6. The van der Waals surface area contributed by atoms with Gasteiger partial charge >= 0.3 is 5.92 Å². The Bertz CT molecular complexity index is 1270. The molecule has 0 aromatic carbocycles. The van der Waals surface area contributed by atoms with Crippen LogP contribution >= 0.6 is 0 Å². The topological polar surface area (TPSA) is 76.5 Å². The lowest BCUT2D eigenvalue weighted by atomic mass is 9.99. The second-order valence-corrected chi connectivity index (χ2v) is 7.34. The van der Waals surface area contributed by atoms with Crippen molar-refractivity contribution in [3.05, 3.63) is 65.7 Å². The lowest BCUT2D eigenvalue weighted by Crippen LogP contribution is -2.22. The molecule has 8 nitrogen and oxygen atoms in total. The summed E-state index contributed by atoms with van der Waals surface area (Å²) in [6.45, 7) is 1.82. The summed E-state index contributed by atoms with van der Waals surface area (Å²) < 4.78 is 48.5. The van der Waals surface area contributed by atoms with Gasteiger partial charge in [-0.1, -0.05) is 13.0 Å². The van der Waals surface area contributed by atoms with Gasteiger partial charge in [0, 0.05) is 50.3 Å². The molecule has 0 aliphatic carbocycles. The predicted octanol–water partition coefficient (Wildman–Crippen LogP) is 4.01. The molecule has 0 amide bonds. The molecule has 32 heavy (non-hydrogen) atoms. The van der Waals surface area contributed by atoms with Crippen molar-refractivity contribution in [1.82, 2.24) is 34.6 Å². The Labute approximate surface area is 182 Å². The summed E-state index contributed by atoms with van der Waals surface area (Å²) in [4.78, 5) is 0. The van der Waals surface area contributed by atoms with E-state index in [-0.39, 0.29) is 5.65 Å². The Morgan fingerprint density at radius 2 is 1.97 bits per heavy atom. The molecule has 0 unspecified atom stereocenters. The van der Waals surface area contributed by atoms with Gasteiger partial charge in [-0.2, -0.15) is 28.6 Å². The van der Waals surface area contributed by atoms with Crippen molar-refractivity contribution < 1.29 is 13.2 Å². The van der Waals surface area contributed by atoms with Crippen LogP contribution in [0, 0.1) is 0 Å². The second kappa shape index (κ2) is 8.40. The highest BCUT2D eigenvalue weighted by molar-refractivity contribution is 5.71. The van der Waals surface area contributed by atoms with Crippen LogP contribution in [0.15, 0.2) is 65.0 Å². The Hall–Kier alpha value is -3.76. The Morgan fingerprint density at radius 3 is 2.69 bits per heavy atom. The number of allylic oxidation sites excluding steroid dienone is 5. The molecule has 1 aliphatic heterocycles. The summed E-state index contributed by atoms with van der Waals surface area (Å²) in [5.41, 5.74) is 1.35. The van der Waals surface area contributed by atoms with Crippen molar-refractivity contribution in [1.29, 1.82) is 0 Å². The van der Waals surface area contributed by atoms with E-state index in [4.69, 9.17) is 0 Å². The lowest BCUT2D eigenvalue weighted by Gasteiger charge is -2.19. The van der Waals surface area contributed by atoms with Crippen LogP contribution < -0.4 is 0 Å². The largest absolute Gasteiger partial charge is 0.330 e. The maximum Gasteiger partial charge on any atom is 0.330 e. The number of rotatable bonds is 4. The fourth-order valence-electron chi connectivity index (χ4n) is 3.28. The van der Waals surface area contributed by atoms with Crippen molar-refractivity contribution in [3.8, 4) is 11.3 Å². The Balaban J connectivity index is 1.83. The molecule has 0 radical (unpaired) electrons. The second-order valence-electron chi connectivity index (χ2n) is 7.34. The molecule has 0 N–H and O–H groups in total. The fourth-order valence-corrected chi connectivity index (χ4v) is 3.28. The number of alkyl halides is 2. The van der Waals surface area contributed by atoms with E-state index in [9.17, 15) is 4.39 Å². The Kier molecular flexibility index (Phi) is 5.64. The summed E-state index contributed by atoms with van der Waals surface area (Å²) in [7, 11) is 3.39. The summed E-state index contributed by atoms with van der Waals surface area (Å²) >= 11 is 0. The van der Waals surface area contributed by atoms with Gasteiger partial charge in [0.05, 0.1) is 11.9 Å². The first kappa shape index (κ1) is 21.5. The SMILES string of the molecule is CCC1=C\N(C)/N=C/C=C(/F)C/C(C(F)(F)c2nnc3ccc(-c4cnn(C)c4)nn23)=C\1. The van der Waals surface area contributed by atoms with Crippen LogP contribution in [-0.2, 0) is 13.0 Å². The van der Waals surface area contributed by atoms with Crippen molar-refractivity contribution in [3.63, 3.8) is 0 Å². The van der Waals surface area contributed by atoms with Crippen LogP contribution in [0.3, 0.4) is 0 Å². The third-order valence-electron chi connectivity index (χ3n) is 4.93. The maximum atomic E-state index is 15.8. The molecule has 1 aliphatic rings. The number of hydrogen-bond donors (Lipinski definition) is 0. The molecule has 4 rings (SSSR count). The van der Waals surface area contributed by atoms with E-state index in [1.165, 1.54) is 17.3 Å². The van der Waals surface area contributed by atoms with Gasteiger partial charge in [0.25, 0.3) is 0 Å². The molecule has 3 aromatic rings. The molecule has 0 bridgehead atoms. The van der Waals surface area contributed by atoms with E-state index >= 15 is 8.78 Å². The first-order valence-electron chi connectivity index (χ1n) is 9.91.